The average molecular weight is 394 g/mol. The topological polar surface area (TPSA) is 29.5 Å². The number of hydrogen-bond donors (Lipinski definition) is 0. The van der Waals surface area contributed by atoms with Crippen LogP contribution in [0.15, 0.2) is 60.7 Å². The summed E-state index contributed by atoms with van der Waals surface area (Å²) < 4.78 is 5.98. The molecule has 1 amide bonds. The fraction of sp³-hybridized carbons (Fsp3) is 0.500. The zero-order valence-corrected chi connectivity index (χ0v) is 18.1. The van der Waals surface area contributed by atoms with Crippen LogP contribution in [0.1, 0.15) is 63.5 Å². The van der Waals surface area contributed by atoms with Gasteiger partial charge < -0.3 is 9.64 Å². The molecule has 2 unspecified atom stereocenters. The summed E-state index contributed by atoms with van der Waals surface area (Å²) >= 11 is 0. The van der Waals surface area contributed by atoms with Crippen LogP contribution in [0, 0.1) is 5.92 Å². The maximum absolute atomic E-state index is 12.7. The molecule has 1 aliphatic heterocycles. The lowest BCUT2D eigenvalue weighted by Gasteiger charge is -2.40. The molecule has 156 valence electrons. The molecule has 2 atom stereocenters. The minimum Gasteiger partial charge on any atom is -0.376 e. The zero-order valence-electron chi connectivity index (χ0n) is 18.1. The van der Waals surface area contributed by atoms with Crippen molar-refractivity contribution in [2.75, 3.05) is 13.2 Å². The van der Waals surface area contributed by atoms with E-state index < -0.39 is 0 Å². The van der Waals surface area contributed by atoms with E-state index in [4.69, 9.17) is 4.74 Å². The van der Waals surface area contributed by atoms with Crippen LogP contribution >= 0.6 is 0 Å². The van der Waals surface area contributed by atoms with Crippen molar-refractivity contribution >= 4 is 5.91 Å². The molecule has 1 saturated heterocycles. The third-order valence-corrected chi connectivity index (χ3v) is 6.11. The molecular formula is C26H35NO2. The van der Waals surface area contributed by atoms with Crippen molar-refractivity contribution in [2.24, 2.45) is 5.92 Å². The van der Waals surface area contributed by atoms with Crippen molar-refractivity contribution in [3.05, 3.63) is 71.8 Å². The minimum absolute atomic E-state index is 0.0705. The Kier molecular flexibility index (Phi) is 7.49. The molecule has 3 rings (SSSR count). The number of benzene rings is 2. The molecular weight excluding hydrogens is 358 g/mol. The van der Waals surface area contributed by atoms with Gasteiger partial charge in [0.2, 0.25) is 5.91 Å². The summed E-state index contributed by atoms with van der Waals surface area (Å²) in [5, 5.41) is 0. The number of hydrogen-bond acceptors (Lipinski definition) is 2. The molecule has 29 heavy (non-hydrogen) atoms. The third-order valence-electron chi connectivity index (χ3n) is 6.11. The van der Waals surface area contributed by atoms with Gasteiger partial charge in [-0.1, -0.05) is 67.6 Å². The van der Waals surface area contributed by atoms with E-state index in [1.54, 1.807) is 0 Å². The van der Waals surface area contributed by atoms with Gasteiger partial charge in [0.25, 0.3) is 0 Å². The van der Waals surface area contributed by atoms with Crippen molar-refractivity contribution in [1.82, 2.24) is 4.90 Å². The second-order valence-corrected chi connectivity index (χ2v) is 8.82. The first-order valence-corrected chi connectivity index (χ1v) is 11.0. The summed E-state index contributed by atoms with van der Waals surface area (Å²) in [5.74, 6) is 1.26. The molecule has 3 heteroatoms. The first-order valence-electron chi connectivity index (χ1n) is 11.0. The summed E-state index contributed by atoms with van der Waals surface area (Å²) in [6.07, 6.45) is 3.69. The first kappa shape index (κ1) is 21.6. The minimum atomic E-state index is -0.0705. The van der Waals surface area contributed by atoms with E-state index in [9.17, 15) is 4.79 Å². The molecule has 0 bridgehead atoms. The average Bonchev–Trinajstić information content (AvgIpc) is 2.73. The highest BCUT2D eigenvalue weighted by Crippen LogP contribution is 2.40. The van der Waals surface area contributed by atoms with Gasteiger partial charge in [-0.25, -0.2) is 0 Å². The van der Waals surface area contributed by atoms with Gasteiger partial charge in [-0.3, -0.25) is 4.79 Å². The number of carbonyl (C=O) groups excluding carboxylic acids is 1. The second kappa shape index (κ2) is 10.1. The number of amides is 1. The van der Waals surface area contributed by atoms with Crippen LogP contribution < -0.4 is 0 Å². The Morgan fingerprint density at radius 2 is 1.76 bits per heavy atom. The van der Waals surface area contributed by atoms with Gasteiger partial charge in [-0.05, 0) is 56.1 Å². The van der Waals surface area contributed by atoms with Crippen molar-refractivity contribution in [2.45, 2.75) is 64.5 Å². The van der Waals surface area contributed by atoms with Crippen LogP contribution in [0.4, 0.5) is 0 Å². The van der Waals surface area contributed by atoms with E-state index in [0.717, 1.165) is 32.4 Å². The van der Waals surface area contributed by atoms with E-state index in [0.29, 0.717) is 24.8 Å². The molecule has 2 aromatic rings. The van der Waals surface area contributed by atoms with Gasteiger partial charge in [0.05, 0.1) is 5.60 Å². The summed E-state index contributed by atoms with van der Waals surface area (Å²) in [5.41, 5.74) is 2.51. The Morgan fingerprint density at radius 1 is 1.10 bits per heavy atom. The number of carbonyl (C=O) groups is 1. The Hall–Kier alpha value is -2.13. The molecule has 1 aliphatic rings. The molecule has 1 heterocycles. The lowest BCUT2D eigenvalue weighted by atomic mass is 9.75. The van der Waals surface area contributed by atoms with E-state index in [1.165, 1.54) is 11.1 Å². The van der Waals surface area contributed by atoms with Crippen LogP contribution in [-0.2, 0) is 16.1 Å². The Bertz CT molecular complexity index is 757. The molecule has 3 nitrogen and oxygen atoms in total. The molecule has 0 radical (unpaired) electrons. The zero-order chi connectivity index (χ0) is 20.7. The molecule has 0 aliphatic carbocycles. The van der Waals surface area contributed by atoms with Crippen molar-refractivity contribution in [1.29, 1.82) is 0 Å². The standard InChI is InChI=1S/C26H35NO2/c1-4-25(28)27(20-21-11-7-5-8-12-21)17-15-24(22-13-9-6-10-14-22)23-16-18-29-26(2,3)19-23/h5-14,23-24H,4,15-20H2,1-3H3. The first-order chi connectivity index (χ1) is 14.0. The SMILES string of the molecule is CCC(=O)N(CCC(c1ccccc1)C1CCOC(C)(C)C1)Cc1ccccc1. The summed E-state index contributed by atoms with van der Waals surface area (Å²) in [6, 6.07) is 21.1. The van der Waals surface area contributed by atoms with Gasteiger partial charge in [0.1, 0.15) is 0 Å². The molecule has 0 aromatic heterocycles. The van der Waals surface area contributed by atoms with Crippen LogP contribution in [0.2, 0.25) is 0 Å². The molecule has 0 saturated carbocycles. The maximum atomic E-state index is 12.7. The van der Waals surface area contributed by atoms with E-state index >= 15 is 0 Å². The van der Waals surface area contributed by atoms with Gasteiger partial charge >= 0.3 is 0 Å². The van der Waals surface area contributed by atoms with E-state index in [1.807, 2.05) is 30.0 Å². The Labute approximate surface area is 176 Å². The van der Waals surface area contributed by atoms with Crippen LogP contribution in [-0.4, -0.2) is 29.6 Å². The van der Waals surface area contributed by atoms with Crippen LogP contribution in [0.5, 0.6) is 0 Å². The predicted molar refractivity (Wildman–Crippen MR) is 119 cm³/mol. The highest BCUT2D eigenvalue weighted by Gasteiger charge is 2.34. The third kappa shape index (κ3) is 6.17. The maximum Gasteiger partial charge on any atom is 0.222 e. The normalized spacial score (nSPS) is 19.5. The number of nitrogens with zero attached hydrogens (tertiary/aromatic N) is 1. The predicted octanol–water partition coefficient (Wildman–Crippen LogP) is 5.80. The Morgan fingerprint density at radius 3 is 2.38 bits per heavy atom. The summed E-state index contributed by atoms with van der Waals surface area (Å²) in [6.45, 7) is 8.65. The lowest BCUT2D eigenvalue weighted by molar-refractivity contribution is -0.131. The quantitative estimate of drug-likeness (QED) is 0.567. The van der Waals surface area contributed by atoms with Gasteiger partial charge in [0.15, 0.2) is 0 Å². The lowest BCUT2D eigenvalue weighted by Crippen LogP contribution is -2.37. The van der Waals surface area contributed by atoms with E-state index in [-0.39, 0.29) is 11.5 Å². The fourth-order valence-corrected chi connectivity index (χ4v) is 4.61. The Balaban J connectivity index is 1.76. The fourth-order valence-electron chi connectivity index (χ4n) is 4.61. The van der Waals surface area contributed by atoms with Gasteiger partial charge in [0, 0.05) is 26.1 Å². The molecule has 2 aromatic carbocycles. The number of rotatable bonds is 8. The summed E-state index contributed by atoms with van der Waals surface area (Å²) in [4.78, 5) is 14.7. The monoisotopic (exact) mass is 393 g/mol. The van der Waals surface area contributed by atoms with Crippen molar-refractivity contribution in [3.63, 3.8) is 0 Å². The summed E-state index contributed by atoms with van der Waals surface area (Å²) in [7, 11) is 0. The van der Waals surface area contributed by atoms with E-state index in [2.05, 4.69) is 56.3 Å². The smallest absolute Gasteiger partial charge is 0.222 e. The number of ether oxygens (including phenoxy) is 1. The van der Waals surface area contributed by atoms with Gasteiger partial charge in [-0.2, -0.15) is 0 Å². The highest BCUT2D eigenvalue weighted by molar-refractivity contribution is 5.75. The molecule has 0 spiro atoms. The molecule has 1 fully saturated rings. The highest BCUT2D eigenvalue weighted by atomic mass is 16.5. The van der Waals surface area contributed by atoms with Crippen molar-refractivity contribution < 1.29 is 9.53 Å². The van der Waals surface area contributed by atoms with Crippen molar-refractivity contribution in [3.8, 4) is 0 Å². The second-order valence-electron chi connectivity index (χ2n) is 8.82. The van der Waals surface area contributed by atoms with Crippen LogP contribution in [0.3, 0.4) is 0 Å². The largest absolute Gasteiger partial charge is 0.376 e. The van der Waals surface area contributed by atoms with Gasteiger partial charge in [-0.15, -0.1) is 0 Å². The van der Waals surface area contributed by atoms with Crippen LogP contribution in [0.25, 0.3) is 0 Å². The molecule has 0 N–H and O–H groups in total.